The van der Waals surface area contributed by atoms with Crippen LogP contribution in [-0.2, 0) is 10.2 Å². The van der Waals surface area contributed by atoms with Crippen molar-refractivity contribution in [1.29, 1.82) is 0 Å². The van der Waals surface area contributed by atoms with Crippen LogP contribution >= 0.6 is 0 Å². The third-order valence-corrected chi connectivity index (χ3v) is 10.8. The summed E-state index contributed by atoms with van der Waals surface area (Å²) in [5.41, 5.74) is 2.00. The van der Waals surface area contributed by atoms with E-state index in [0.717, 1.165) is 30.6 Å². The predicted octanol–water partition coefficient (Wildman–Crippen LogP) is 9.46. The first-order chi connectivity index (χ1) is 17.4. The highest BCUT2D eigenvalue weighted by molar-refractivity contribution is 5.70. The van der Waals surface area contributed by atoms with E-state index in [-0.39, 0.29) is 6.42 Å². The third-order valence-electron chi connectivity index (χ3n) is 10.8. The second kappa shape index (κ2) is 12.4. The first-order valence-electron chi connectivity index (χ1n) is 15.4. The van der Waals surface area contributed by atoms with Crippen LogP contribution in [0.3, 0.4) is 0 Å². The van der Waals surface area contributed by atoms with E-state index in [9.17, 15) is 9.90 Å². The number of carboxylic acid groups (broad SMARTS) is 1. The average molecular weight is 499 g/mol. The Kier molecular flexibility index (Phi) is 9.56. The molecule has 0 amide bonds. The quantitative estimate of drug-likeness (QED) is 0.368. The molecule has 1 N–H and O–H groups in total. The molecule has 3 aliphatic rings. The number of benzene rings is 1. The lowest BCUT2D eigenvalue weighted by atomic mass is 9.60. The Morgan fingerprint density at radius 2 is 1.61 bits per heavy atom. The number of hydrogen-bond donors (Lipinski definition) is 1. The van der Waals surface area contributed by atoms with Gasteiger partial charge in [0.2, 0.25) is 0 Å². The highest BCUT2D eigenvalue weighted by Gasteiger charge is 2.47. The number of carbonyl (C=O) groups is 1. The summed E-state index contributed by atoms with van der Waals surface area (Å²) in [7, 11) is 0. The second-order valence-electron chi connectivity index (χ2n) is 12.8. The molecule has 1 aromatic carbocycles. The Labute approximate surface area is 219 Å². The molecule has 4 rings (SSSR count). The van der Waals surface area contributed by atoms with Crippen LogP contribution in [0.15, 0.2) is 24.3 Å². The molecule has 0 aliphatic heterocycles. The van der Waals surface area contributed by atoms with E-state index >= 15 is 4.39 Å². The fourth-order valence-electron chi connectivity index (χ4n) is 8.65. The monoisotopic (exact) mass is 498 g/mol. The van der Waals surface area contributed by atoms with Crippen LogP contribution < -0.4 is 0 Å². The average Bonchev–Trinajstić information content (AvgIpc) is 2.90. The van der Waals surface area contributed by atoms with Gasteiger partial charge in [-0.1, -0.05) is 77.1 Å². The Morgan fingerprint density at radius 3 is 2.19 bits per heavy atom. The van der Waals surface area contributed by atoms with Crippen LogP contribution in [0.1, 0.15) is 134 Å². The summed E-state index contributed by atoms with van der Waals surface area (Å²) >= 11 is 0. The molecule has 3 fully saturated rings. The van der Waals surface area contributed by atoms with Gasteiger partial charge in [-0.05, 0) is 105 Å². The van der Waals surface area contributed by atoms with Crippen molar-refractivity contribution < 1.29 is 14.3 Å². The molecular weight excluding hydrogens is 447 g/mol. The van der Waals surface area contributed by atoms with E-state index in [2.05, 4.69) is 45.0 Å². The van der Waals surface area contributed by atoms with Crippen molar-refractivity contribution in [2.75, 3.05) is 0 Å². The van der Waals surface area contributed by atoms with Crippen molar-refractivity contribution in [3.63, 3.8) is 0 Å². The number of hydrogen-bond acceptors (Lipinski definition) is 1. The smallest absolute Gasteiger partial charge is 0.306 e. The molecule has 202 valence electrons. The normalized spacial score (nSPS) is 36.3. The summed E-state index contributed by atoms with van der Waals surface area (Å²) in [6.07, 6.45) is 15.9. The van der Waals surface area contributed by atoms with Gasteiger partial charge in [0.05, 0.1) is 5.92 Å². The number of carboxylic acids is 1. The molecule has 4 atom stereocenters. The maximum absolute atomic E-state index is 15.9. The molecule has 4 unspecified atom stereocenters. The molecule has 1 aromatic rings. The zero-order chi connectivity index (χ0) is 25.7. The molecule has 36 heavy (non-hydrogen) atoms. The highest BCUT2D eigenvalue weighted by atomic mass is 19.1. The third kappa shape index (κ3) is 5.86. The molecule has 0 aromatic heterocycles. The van der Waals surface area contributed by atoms with E-state index in [1.54, 1.807) is 0 Å². The standard InChI is InChI=1S/C33H51FO2/c1-4-8-24-11-13-26(14-12-24)27-17-15-25(16-18-27)23(3)29-9-6-7-10-30(29)33(20-5-2)21-19-28(32(35)36)22-31(33)34/h6-7,9-10,23-28,31H,4-5,8,11-22H2,1-3H3,(H,35,36). The summed E-state index contributed by atoms with van der Waals surface area (Å²) in [5.74, 6) is 2.58. The maximum atomic E-state index is 15.9. The molecule has 3 heteroatoms. The van der Waals surface area contributed by atoms with Crippen LogP contribution in [0.25, 0.3) is 0 Å². The molecule has 0 bridgehead atoms. The van der Waals surface area contributed by atoms with Gasteiger partial charge in [-0.3, -0.25) is 4.79 Å². The van der Waals surface area contributed by atoms with E-state index in [4.69, 9.17) is 0 Å². The minimum absolute atomic E-state index is 0.156. The van der Waals surface area contributed by atoms with Crippen molar-refractivity contribution in [3.8, 4) is 0 Å². The fraction of sp³-hybridized carbons (Fsp3) is 0.788. The lowest BCUT2D eigenvalue weighted by Gasteiger charge is -2.45. The maximum Gasteiger partial charge on any atom is 0.306 e. The van der Waals surface area contributed by atoms with E-state index in [1.807, 2.05) is 0 Å². The molecule has 0 saturated heterocycles. The van der Waals surface area contributed by atoms with Crippen molar-refractivity contribution in [2.45, 2.75) is 135 Å². The van der Waals surface area contributed by atoms with Crippen LogP contribution in [0.5, 0.6) is 0 Å². The van der Waals surface area contributed by atoms with Gasteiger partial charge < -0.3 is 5.11 Å². The van der Waals surface area contributed by atoms with Crippen molar-refractivity contribution in [2.24, 2.45) is 29.6 Å². The molecule has 0 heterocycles. The summed E-state index contributed by atoms with van der Waals surface area (Å²) in [5, 5.41) is 9.53. The van der Waals surface area contributed by atoms with Crippen molar-refractivity contribution >= 4 is 5.97 Å². The predicted molar refractivity (Wildman–Crippen MR) is 147 cm³/mol. The van der Waals surface area contributed by atoms with Crippen LogP contribution in [-0.4, -0.2) is 17.2 Å². The molecule has 0 radical (unpaired) electrons. The lowest BCUT2D eigenvalue weighted by molar-refractivity contribution is -0.144. The molecular formula is C33H51FO2. The SMILES string of the molecule is CCCC1CCC(C2CCC(C(C)c3ccccc3C3(CCC)CCC(C(=O)O)CC3F)CC2)CC1. The second-order valence-corrected chi connectivity index (χ2v) is 12.8. The number of rotatable bonds is 9. The molecule has 2 nitrogen and oxygen atoms in total. The summed E-state index contributed by atoms with van der Waals surface area (Å²) < 4.78 is 15.9. The minimum Gasteiger partial charge on any atom is -0.481 e. The number of alkyl halides is 1. The molecule has 3 saturated carbocycles. The van der Waals surface area contributed by atoms with E-state index in [0.29, 0.717) is 24.7 Å². The Hall–Kier alpha value is -1.38. The van der Waals surface area contributed by atoms with Gasteiger partial charge >= 0.3 is 5.97 Å². The Balaban J connectivity index is 1.44. The number of halogens is 1. The van der Waals surface area contributed by atoms with Gasteiger partial charge in [0, 0.05) is 5.41 Å². The van der Waals surface area contributed by atoms with E-state index < -0.39 is 23.5 Å². The van der Waals surface area contributed by atoms with E-state index in [1.165, 1.54) is 75.3 Å². The Morgan fingerprint density at radius 1 is 0.972 bits per heavy atom. The van der Waals surface area contributed by atoms with Crippen molar-refractivity contribution in [1.82, 2.24) is 0 Å². The highest BCUT2D eigenvalue weighted by Crippen LogP contribution is 2.51. The first-order valence-corrected chi connectivity index (χ1v) is 15.4. The molecule has 3 aliphatic carbocycles. The topological polar surface area (TPSA) is 37.3 Å². The van der Waals surface area contributed by atoms with Gasteiger partial charge in [0.1, 0.15) is 6.17 Å². The largest absolute Gasteiger partial charge is 0.481 e. The fourth-order valence-corrected chi connectivity index (χ4v) is 8.65. The minimum atomic E-state index is -1.08. The first kappa shape index (κ1) is 27.6. The van der Waals surface area contributed by atoms with Crippen LogP contribution in [0, 0.1) is 29.6 Å². The summed E-state index contributed by atoms with van der Waals surface area (Å²) in [6, 6.07) is 8.64. The van der Waals surface area contributed by atoms with Crippen LogP contribution in [0.2, 0.25) is 0 Å². The van der Waals surface area contributed by atoms with Gasteiger partial charge in [0.15, 0.2) is 0 Å². The van der Waals surface area contributed by atoms with Gasteiger partial charge in [-0.15, -0.1) is 0 Å². The lowest BCUT2D eigenvalue weighted by Crippen LogP contribution is -2.44. The number of aliphatic carboxylic acids is 1. The van der Waals surface area contributed by atoms with Crippen LogP contribution in [0.4, 0.5) is 4.39 Å². The van der Waals surface area contributed by atoms with Gasteiger partial charge in [-0.25, -0.2) is 4.39 Å². The zero-order valence-corrected chi connectivity index (χ0v) is 23.2. The molecule has 0 spiro atoms. The summed E-state index contributed by atoms with van der Waals surface area (Å²) in [6.45, 7) is 6.85. The Bertz CT molecular complexity index is 836. The van der Waals surface area contributed by atoms with Gasteiger partial charge in [0.25, 0.3) is 0 Å². The van der Waals surface area contributed by atoms with Crippen molar-refractivity contribution in [3.05, 3.63) is 35.4 Å². The van der Waals surface area contributed by atoms with Gasteiger partial charge in [-0.2, -0.15) is 0 Å². The summed E-state index contributed by atoms with van der Waals surface area (Å²) in [4.78, 5) is 11.6. The zero-order valence-electron chi connectivity index (χ0n) is 23.2.